The second-order valence-electron chi connectivity index (χ2n) is 5.14. The Bertz CT molecular complexity index is 447. The summed E-state index contributed by atoms with van der Waals surface area (Å²) < 4.78 is 0. The van der Waals surface area contributed by atoms with Crippen LogP contribution in [0.1, 0.15) is 27.0 Å². The Kier molecular flexibility index (Phi) is 3.72. The summed E-state index contributed by atoms with van der Waals surface area (Å²) in [5.74, 6) is 3.21. The van der Waals surface area contributed by atoms with Crippen molar-refractivity contribution in [2.75, 3.05) is 0 Å². The zero-order valence-electron chi connectivity index (χ0n) is 10.6. The van der Waals surface area contributed by atoms with Gasteiger partial charge in [-0.05, 0) is 37.1 Å². The fourth-order valence-corrected chi connectivity index (χ4v) is 2.01. The first-order valence-corrected chi connectivity index (χ1v) is 8.93. The minimum absolute atomic E-state index is 0.790. The first kappa shape index (κ1) is 12.7. The summed E-state index contributed by atoms with van der Waals surface area (Å²) in [4.78, 5) is 10.8. The summed E-state index contributed by atoms with van der Waals surface area (Å²) in [5.41, 5.74) is 7.16. The van der Waals surface area contributed by atoms with Crippen LogP contribution in [-0.2, 0) is 0 Å². The van der Waals surface area contributed by atoms with Crippen molar-refractivity contribution in [1.29, 1.82) is 0 Å². The molecule has 1 nitrogen and oxygen atoms in total. The Morgan fingerprint density at radius 3 is 2.00 bits per heavy atom. The molecule has 0 aliphatic carbocycles. The van der Waals surface area contributed by atoms with Gasteiger partial charge in [-0.1, -0.05) is 25.6 Å². The fraction of sp³-hybridized carbons (Fsp3) is 0.357. The normalized spacial score (nSPS) is 10.6. The van der Waals surface area contributed by atoms with Gasteiger partial charge in [0.25, 0.3) is 0 Å². The van der Waals surface area contributed by atoms with Gasteiger partial charge in [-0.3, -0.25) is 4.79 Å². The predicted molar refractivity (Wildman–Crippen MR) is 71.5 cm³/mol. The Labute approximate surface area is 98.9 Å². The molecule has 0 radical (unpaired) electrons. The van der Waals surface area contributed by atoms with Gasteiger partial charge in [0.05, 0.1) is 0 Å². The third-order valence-electron chi connectivity index (χ3n) is 2.29. The molecule has 2 heteroatoms. The van der Waals surface area contributed by atoms with Crippen molar-refractivity contribution in [3.05, 3.63) is 34.4 Å². The van der Waals surface area contributed by atoms with E-state index >= 15 is 0 Å². The average Bonchev–Trinajstić information content (AvgIpc) is 2.13. The topological polar surface area (TPSA) is 17.1 Å². The van der Waals surface area contributed by atoms with E-state index in [0.29, 0.717) is 0 Å². The summed E-state index contributed by atoms with van der Waals surface area (Å²) in [6.07, 6.45) is 0.917. The van der Waals surface area contributed by atoms with Crippen LogP contribution in [0, 0.1) is 25.3 Å². The second-order valence-corrected chi connectivity index (χ2v) is 9.89. The molecular weight excluding hydrogens is 212 g/mol. The number of hydrogen-bond acceptors (Lipinski definition) is 1. The molecule has 0 aromatic heterocycles. The van der Waals surface area contributed by atoms with Crippen molar-refractivity contribution in [1.82, 2.24) is 0 Å². The van der Waals surface area contributed by atoms with Gasteiger partial charge in [0.1, 0.15) is 8.07 Å². The molecule has 0 saturated heterocycles. The molecule has 1 aromatic carbocycles. The molecular formula is C14H18OSi. The maximum absolute atomic E-state index is 10.8. The van der Waals surface area contributed by atoms with Gasteiger partial charge in [-0.25, -0.2) is 0 Å². The first-order chi connectivity index (χ1) is 7.33. The standard InChI is InChI=1S/C14H18OSi/c1-11-8-13(6-7-16(3,4)5)9-12(2)14(11)10-15/h8-10H,1-5H3. The lowest BCUT2D eigenvalue weighted by molar-refractivity contribution is 0.112. The SMILES string of the molecule is Cc1cc(C#C[Si](C)(C)C)cc(C)c1C=O. The van der Waals surface area contributed by atoms with E-state index in [1.165, 1.54) is 0 Å². The molecule has 0 unspecified atom stereocenters. The molecule has 16 heavy (non-hydrogen) atoms. The number of aldehydes is 1. The molecule has 0 amide bonds. The van der Waals surface area contributed by atoms with E-state index in [2.05, 4.69) is 31.1 Å². The Morgan fingerprint density at radius 2 is 1.62 bits per heavy atom. The summed E-state index contributed by atoms with van der Waals surface area (Å²) in [6, 6.07) is 3.98. The van der Waals surface area contributed by atoms with Crippen molar-refractivity contribution in [3.63, 3.8) is 0 Å². The monoisotopic (exact) mass is 230 g/mol. The third kappa shape index (κ3) is 3.36. The number of carbonyl (C=O) groups is 1. The van der Waals surface area contributed by atoms with Crippen LogP contribution < -0.4 is 0 Å². The van der Waals surface area contributed by atoms with Gasteiger partial charge in [-0.2, -0.15) is 0 Å². The molecule has 0 bridgehead atoms. The Hall–Kier alpha value is -1.33. The largest absolute Gasteiger partial charge is 0.298 e. The second kappa shape index (κ2) is 4.67. The molecule has 0 saturated carbocycles. The highest BCUT2D eigenvalue weighted by molar-refractivity contribution is 6.83. The summed E-state index contributed by atoms with van der Waals surface area (Å²) in [5, 5.41) is 0. The lowest BCUT2D eigenvalue weighted by atomic mass is 10.0. The lowest BCUT2D eigenvalue weighted by Gasteiger charge is -2.06. The molecule has 0 spiro atoms. The van der Waals surface area contributed by atoms with Crippen LogP contribution in [0.4, 0.5) is 0 Å². The highest BCUT2D eigenvalue weighted by Gasteiger charge is 2.08. The maximum Gasteiger partial charge on any atom is 0.150 e. The predicted octanol–water partition coefficient (Wildman–Crippen LogP) is 3.34. The van der Waals surface area contributed by atoms with Crippen molar-refractivity contribution in [2.24, 2.45) is 0 Å². The van der Waals surface area contributed by atoms with E-state index in [1.807, 2.05) is 26.0 Å². The number of aryl methyl sites for hydroxylation is 2. The van der Waals surface area contributed by atoms with Crippen molar-refractivity contribution >= 4 is 14.4 Å². The highest BCUT2D eigenvalue weighted by atomic mass is 28.3. The number of benzene rings is 1. The van der Waals surface area contributed by atoms with Crippen molar-refractivity contribution in [3.8, 4) is 11.5 Å². The van der Waals surface area contributed by atoms with Crippen molar-refractivity contribution < 1.29 is 4.79 Å². The zero-order chi connectivity index (χ0) is 12.3. The summed E-state index contributed by atoms with van der Waals surface area (Å²) >= 11 is 0. The van der Waals surface area contributed by atoms with Crippen LogP contribution >= 0.6 is 0 Å². The molecule has 0 N–H and O–H groups in total. The lowest BCUT2D eigenvalue weighted by Crippen LogP contribution is -2.16. The number of rotatable bonds is 1. The van der Waals surface area contributed by atoms with E-state index in [0.717, 1.165) is 28.5 Å². The van der Waals surface area contributed by atoms with Gasteiger partial charge in [0.15, 0.2) is 6.29 Å². The van der Waals surface area contributed by atoms with E-state index in [-0.39, 0.29) is 0 Å². The smallest absolute Gasteiger partial charge is 0.150 e. The van der Waals surface area contributed by atoms with Gasteiger partial charge >= 0.3 is 0 Å². The average molecular weight is 230 g/mol. The van der Waals surface area contributed by atoms with E-state index in [9.17, 15) is 4.79 Å². The zero-order valence-corrected chi connectivity index (χ0v) is 11.6. The van der Waals surface area contributed by atoms with Crippen molar-refractivity contribution in [2.45, 2.75) is 33.5 Å². The highest BCUT2D eigenvalue weighted by Crippen LogP contribution is 2.14. The Balaban J connectivity index is 3.18. The first-order valence-electron chi connectivity index (χ1n) is 5.43. The summed E-state index contributed by atoms with van der Waals surface area (Å²) in [6.45, 7) is 10.6. The molecule has 0 aliphatic heterocycles. The summed E-state index contributed by atoms with van der Waals surface area (Å²) in [7, 11) is -1.33. The molecule has 1 aromatic rings. The maximum atomic E-state index is 10.8. The van der Waals surface area contributed by atoms with Crippen LogP contribution in [0.3, 0.4) is 0 Å². The number of hydrogen-bond donors (Lipinski definition) is 0. The van der Waals surface area contributed by atoms with Crippen LogP contribution in [0.2, 0.25) is 19.6 Å². The molecule has 1 rings (SSSR count). The molecule has 0 fully saturated rings. The van der Waals surface area contributed by atoms with Crippen LogP contribution in [0.15, 0.2) is 12.1 Å². The molecule has 0 heterocycles. The van der Waals surface area contributed by atoms with Crippen LogP contribution in [-0.4, -0.2) is 14.4 Å². The number of carbonyl (C=O) groups excluding carboxylic acids is 1. The van der Waals surface area contributed by atoms with Crippen LogP contribution in [0.25, 0.3) is 0 Å². The van der Waals surface area contributed by atoms with E-state index in [4.69, 9.17) is 0 Å². The van der Waals surface area contributed by atoms with E-state index < -0.39 is 8.07 Å². The molecule has 0 aliphatic rings. The van der Waals surface area contributed by atoms with E-state index in [1.54, 1.807) is 0 Å². The minimum atomic E-state index is -1.33. The Morgan fingerprint density at radius 1 is 1.12 bits per heavy atom. The van der Waals surface area contributed by atoms with Gasteiger partial charge < -0.3 is 0 Å². The van der Waals surface area contributed by atoms with Gasteiger partial charge in [-0.15, -0.1) is 5.54 Å². The molecule has 0 atom stereocenters. The fourth-order valence-electron chi connectivity index (χ4n) is 1.49. The molecule has 84 valence electrons. The minimum Gasteiger partial charge on any atom is -0.298 e. The van der Waals surface area contributed by atoms with Crippen LogP contribution in [0.5, 0.6) is 0 Å². The van der Waals surface area contributed by atoms with Gasteiger partial charge in [0.2, 0.25) is 0 Å². The van der Waals surface area contributed by atoms with Gasteiger partial charge in [0, 0.05) is 11.1 Å². The quantitative estimate of drug-likeness (QED) is 0.411. The third-order valence-corrected chi connectivity index (χ3v) is 3.17.